The predicted molar refractivity (Wildman–Crippen MR) is 95.1 cm³/mol. The number of hydrogen-bond acceptors (Lipinski definition) is 5. The second-order valence-corrected chi connectivity index (χ2v) is 7.04. The van der Waals surface area contributed by atoms with Crippen molar-refractivity contribution in [2.24, 2.45) is 0 Å². The first-order chi connectivity index (χ1) is 12.0. The number of fused-ring (bicyclic) bond motifs is 1. The van der Waals surface area contributed by atoms with E-state index < -0.39 is 12.6 Å². The minimum absolute atomic E-state index is 0.0833. The summed E-state index contributed by atoms with van der Waals surface area (Å²) >= 11 is 1.47. The van der Waals surface area contributed by atoms with Gasteiger partial charge < -0.3 is 15.2 Å². The maximum Gasteiger partial charge on any atom is 0.341 e. The number of benzene rings is 1. The maximum atomic E-state index is 12.1. The van der Waals surface area contributed by atoms with Gasteiger partial charge in [-0.3, -0.25) is 4.79 Å². The first-order valence-corrected chi connectivity index (χ1v) is 8.94. The van der Waals surface area contributed by atoms with E-state index in [0.717, 1.165) is 11.1 Å². The molecule has 0 bridgehead atoms. The Hall–Kier alpha value is -2.48. The van der Waals surface area contributed by atoms with Gasteiger partial charge in [0.2, 0.25) is 5.91 Å². The Morgan fingerprint density at radius 2 is 2.20 bits per heavy atom. The molecule has 7 nitrogen and oxygen atoms in total. The Bertz CT molecular complexity index is 803. The van der Waals surface area contributed by atoms with E-state index in [4.69, 9.17) is 9.84 Å². The number of aromatic nitrogens is 2. The topological polar surface area (TPSA) is 93.5 Å². The summed E-state index contributed by atoms with van der Waals surface area (Å²) in [5, 5.41) is 16.0. The quantitative estimate of drug-likeness (QED) is 0.850. The average molecular weight is 361 g/mol. The Labute approximate surface area is 149 Å². The van der Waals surface area contributed by atoms with Crippen LogP contribution in [0.4, 0.5) is 5.82 Å². The zero-order valence-corrected chi connectivity index (χ0v) is 14.7. The molecule has 3 rings (SSSR count). The van der Waals surface area contributed by atoms with E-state index in [1.54, 1.807) is 23.0 Å². The predicted octanol–water partition coefficient (Wildman–Crippen LogP) is 2.70. The smallest absolute Gasteiger partial charge is 0.341 e. The van der Waals surface area contributed by atoms with Crippen molar-refractivity contribution in [3.63, 3.8) is 0 Å². The van der Waals surface area contributed by atoms with Crippen LogP contribution in [0.5, 0.6) is 5.75 Å². The summed E-state index contributed by atoms with van der Waals surface area (Å²) in [6.07, 6.45) is 1.76. The fourth-order valence-electron chi connectivity index (χ4n) is 2.73. The molecule has 1 aliphatic rings. The molecule has 25 heavy (non-hydrogen) atoms. The SMILES string of the molecule is CC(C)n1ncc2c1NC(=O)CSC2c1ccccc1OCC(=O)O. The molecule has 0 spiro atoms. The molecule has 0 saturated carbocycles. The molecule has 2 aromatic rings. The molecular formula is C17H19N3O4S. The van der Waals surface area contributed by atoms with Crippen molar-refractivity contribution >= 4 is 29.5 Å². The third kappa shape index (κ3) is 3.63. The lowest BCUT2D eigenvalue weighted by molar-refractivity contribution is -0.139. The van der Waals surface area contributed by atoms with Crippen LogP contribution in [-0.4, -0.2) is 39.1 Å². The van der Waals surface area contributed by atoms with E-state index in [1.165, 1.54) is 11.8 Å². The molecular weight excluding hydrogens is 342 g/mol. The van der Waals surface area contributed by atoms with E-state index in [2.05, 4.69) is 10.4 Å². The molecule has 8 heteroatoms. The number of rotatable bonds is 5. The van der Waals surface area contributed by atoms with Crippen LogP contribution in [0, 0.1) is 0 Å². The average Bonchev–Trinajstić information content (AvgIpc) is 2.90. The largest absolute Gasteiger partial charge is 0.482 e. The highest BCUT2D eigenvalue weighted by molar-refractivity contribution is 8.00. The van der Waals surface area contributed by atoms with Gasteiger partial charge in [0, 0.05) is 17.2 Å². The number of carbonyl (C=O) groups is 2. The zero-order chi connectivity index (χ0) is 18.0. The lowest BCUT2D eigenvalue weighted by Gasteiger charge is -2.18. The monoisotopic (exact) mass is 361 g/mol. The number of carbonyl (C=O) groups excluding carboxylic acids is 1. The van der Waals surface area contributed by atoms with Gasteiger partial charge in [0.05, 0.1) is 17.2 Å². The van der Waals surface area contributed by atoms with Gasteiger partial charge in [-0.05, 0) is 19.9 Å². The number of ether oxygens (including phenoxy) is 1. The number of nitrogens with one attached hydrogen (secondary N) is 1. The second-order valence-electron chi connectivity index (χ2n) is 5.95. The fourth-order valence-corrected chi connectivity index (χ4v) is 3.85. The van der Waals surface area contributed by atoms with Crippen LogP contribution in [0.2, 0.25) is 0 Å². The number of anilines is 1. The summed E-state index contributed by atoms with van der Waals surface area (Å²) < 4.78 is 7.23. The fraction of sp³-hybridized carbons (Fsp3) is 0.353. The van der Waals surface area contributed by atoms with Crippen molar-refractivity contribution in [3.05, 3.63) is 41.6 Å². The Balaban J connectivity index is 2.04. The van der Waals surface area contributed by atoms with Gasteiger partial charge in [-0.25, -0.2) is 9.48 Å². The van der Waals surface area contributed by atoms with E-state index in [0.29, 0.717) is 17.3 Å². The van der Waals surface area contributed by atoms with Gasteiger partial charge in [0.25, 0.3) is 0 Å². The van der Waals surface area contributed by atoms with E-state index in [1.807, 2.05) is 26.0 Å². The highest BCUT2D eigenvalue weighted by Crippen LogP contribution is 2.44. The molecule has 132 valence electrons. The number of thioether (sulfide) groups is 1. The van der Waals surface area contributed by atoms with E-state index >= 15 is 0 Å². The van der Waals surface area contributed by atoms with Crippen LogP contribution in [0.3, 0.4) is 0 Å². The van der Waals surface area contributed by atoms with Gasteiger partial charge in [-0.15, -0.1) is 11.8 Å². The van der Waals surface area contributed by atoms with Crippen molar-refractivity contribution in [2.45, 2.75) is 25.1 Å². The van der Waals surface area contributed by atoms with Crippen molar-refractivity contribution < 1.29 is 19.4 Å². The molecule has 2 N–H and O–H groups in total. The van der Waals surface area contributed by atoms with Crippen LogP contribution in [0.15, 0.2) is 30.5 Å². The molecule has 0 saturated heterocycles. The van der Waals surface area contributed by atoms with Crippen molar-refractivity contribution in [1.82, 2.24) is 9.78 Å². The first kappa shape index (κ1) is 17.3. The summed E-state index contributed by atoms with van der Waals surface area (Å²) in [4.78, 5) is 23.0. The molecule has 0 aliphatic carbocycles. The molecule has 0 radical (unpaired) electrons. The van der Waals surface area contributed by atoms with Gasteiger partial charge >= 0.3 is 5.97 Å². The Morgan fingerprint density at radius 1 is 1.44 bits per heavy atom. The van der Waals surface area contributed by atoms with E-state index in [9.17, 15) is 9.59 Å². The summed E-state index contributed by atoms with van der Waals surface area (Å²) in [5.41, 5.74) is 1.71. The second kappa shape index (κ2) is 7.18. The van der Waals surface area contributed by atoms with Crippen molar-refractivity contribution in [2.75, 3.05) is 17.7 Å². The number of hydrogen-bond donors (Lipinski definition) is 2. The third-order valence-electron chi connectivity index (χ3n) is 3.79. The number of aliphatic carboxylic acids is 1. The maximum absolute atomic E-state index is 12.1. The summed E-state index contributed by atoms with van der Waals surface area (Å²) in [7, 11) is 0. The zero-order valence-electron chi connectivity index (χ0n) is 13.9. The van der Waals surface area contributed by atoms with Crippen LogP contribution in [0.25, 0.3) is 0 Å². The third-order valence-corrected chi connectivity index (χ3v) is 5.06. The Kier molecular flexibility index (Phi) is 4.98. The van der Waals surface area contributed by atoms with Crippen LogP contribution in [0.1, 0.15) is 36.3 Å². The molecule has 1 atom stereocenters. The number of para-hydroxylation sites is 1. The summed E-state index contributed by atoms with van der Waals surface area (Å²) in [5.74, 6) is 0.363. The minimum Gasteiger partial charge on any atom is -0.482 e. The van der Waals surface area contributed by atoms with Crippen LogP contribution < -0.4 is 10.1 Å². The molecule has 1 amide bonds. The van der Waals surface area contributed by atoms with Gasteiger partial charge in [-0.1, -0.05) is 18.2 Å². The normalized spacial score (nSPS) is 16.9. The highest BCUT2D eigenvalue weighted by Gasteiger charge is 2.30. The lowest BCUT2D eigenvalue weighted by atomic mass is 10.1. The minimum atomic E-state index is -1.03. The Morgan fingerprint density at radius 3 is 2.92 bits per heavy atom. The first-order valence-electron chi connectivity index (χ1n) is 7.89. The van der Waals surface area contributed by atoms with Crippen molar-refractivity contribution in [3.8, 4) is 5.75 Å². The molecule has 1 aliphatic heterocycles. The lowest BCUT2D eigenvalue weighted by Crippen LogP contribution is -2.17. The van der Waals surface area contributed by atoms with Gasteiger partial charge in [0.15, 0.2) is 6.61 Å². The standard InChI is InChI=1S/C17H19N3O4S/c1-10(2)20-17-12(7-18-20)16(25-9-14(21)19-17)11-5-3-4-6-13(11)24-8-15(22)23/h3-7,10,16H,8-9H2,1-2H3,(H,19,21)(H,22,23). The number of amides is 1. The number of nitrogens with zero attached hydrogens (tertiary/aromatic N) is 2. The highest BCUT2D eigenvalue weighted by atomic mass is 32.2. The van der Waals surface area contributed by atoms with E-state index in [-0.39, 0.29) is 17.2 Å². The van der Waals surface area contributed by atoms with Gasteiger partial charge in [0.1, 0.15) is 11.6 Å². The van der Waals surface area contributed by atoms with Crippen LogP contribution >= 0.6 is 11.8 Å². The number of carboxylic acid groups (broad SMARTS) is 1. The molecule has 1 unspecified atom stereocenters. The van der Waals surface area contributed by atoms with Crippen molar-refractivity contribution in [1.29, 1.82) is 0 Å². The van der Waals surface area contributed by atoms with Gasteiger partial charge in [-0.2, -0.15) is 5.10 Å². The van der Waals surface area contributed by atoms with Crippen LogP contribution in [-0.2, 0) is 9.59 Å². The molecule has 2 heterocycles. The molecule has 1 aromatic carbocycles. The summed E-state index contributed by atoms with van der Waals surface area (Å²) in [6.45, 7) is 3.58. The molecule has 1 aromatic heterocycles. The molecule has 0 fully saturated rings. The summed E-state index contributed by atoms with van der Waals surface area (Å²) in [6, 6.07) is 7.40. The number of carboxylic acids is 1.